The number of sulfonamides is 1. The van der Waals surface area contributed by atoms with Crippen LogP contribution in [0.4, 0.5) is 0 Å². The van der Waals surface area contributed by atoms with Crippen LogP contribution in [0.25, 0.3) is 6.08 Å². The number of piperidine rings is 1. The first kappa shape index (κ1) is 17.2. The molecule has 2 rings (SSSR count). The van der Waals surface area contributed by atoms with E-state index in [1.807, 2.05) is 18.2 Å². The van der Waals surface area contributed by atoms with E-state index in [1.165, 1.54) is 11.1 Å². The second-order valence-corrected chi connectivity index (χ2v) is 8.11. The number of hydrogen-bond acceptors (Lipinski definition) is 3. The van der Waals surface area contributed by atoms with Crippen LogP contribution in [0.15, 0.2) is 35.9 Å². The molecule has 22 heavy (non-hydrogen) atoms. The second-order valence-electron chi connectivity index (χ2n) is 5.86. The van der Waals surface area contributed by atoms with Gasteiger partial charge in [-0.2, -0.15) is 0 Å². The van der Waals surface area contributed by atoms with Crippen molar-refractivity contribution in [2.24, 2.45) is 0 Å². The van der Waals surface area contributed by atoms with Gasteiger partial charge in [0.15, 0.2) is 0 Å². The van der Waals surface area contributed by atoms with Crippen molar-refractivity contribution in [2.45, 2.75) is 32.7 Å². The number of rotatable bonds is 6. The van der Waals surface area contributed by atoms with E-state index >= 15 is 0 Å². The summed E-state index contributed by atoms with van der Waals surface area (Å²) in [5.74, 6) is 0.198. The lowest BCUT2D eigenvalue weighted by Crippen LogP contribution is -2.45. The summed E-state index contributed by atoms with van der Waals surface area (Å²) >= 11 is 0. The van der Waals surface area contributed by atoms with Crippen LogP contribution < -0.4 is 5.32 Å². The van der Waals surface area contributed by atoms with Crippen LogP contribution in [0.1, 0.15) is 32.3 Å². The molecule has 0 aromatic heterocycles. The van der Waals surface area contributed by atoms with Crippen LogP contribution in [0.5, 0.6) is 0 Å². The highest BCUT2D eigenvalue weighted by molar-refractivity contribution is 7.89. The van der Waals surface area contributed by atoms with Crippen LogP contribution >= 0.6 is 0 Å². The number of nitrogens with zero attached hydrogens (tertiary/aromatic N) is 1. The molecule has 0 spiro atoms. The lowest BCUT2D eigenvalue weighted by atomic mass is 10.1. The SMILES string of the molecule is CCS(=O)(=O)N1CCC(NC/C(C)=C/c2ccccc2)CC1. The standard InChI is InChI=1S/C17H26N2O2S/c1-3-22(20,21)19-11-9-17(10-12-19)18-14-15(2)13-16-7-5-4-6-8-16/h4-8,13,17-18H,3,9-12,14H2,1-2H3/b15-13+. The smallest absolute Gasteiger partial charge is 0.213 e. The van der Waals surface area contributed by atoms with Gasteiger partial charge in [-0.1, -0.05) is 42.0 Å². The zero-order chi connectivity index (χ0) is 16.0. The normalized spacial score (nSPS) is 18.5. The first-order valence-corrected chi connectivity index (χ1v) is 9.55. The predicted octanol–water partition coefficient (Wildman–Crippen LogP) is 2.49. The largest absolute Gasteiger partial charge is 0.310 e. The second kappa shape index (κ2) is 7.90. The van der Waals surface area contributed by atoms with E-state index < -0.39 is 10.0 Å². The van der Waals surface area contributed by atoms with Gasteiger partial charge >= 0.3 is 0 Å². The summed E-state index contributed by atoms with van der Waals surface area (Å²) in [6.45, 7) is 5.94. The highest BCUT2D eigenvalue weighted by Crippen LogP contribution is 2.15. The number of hydrogen-bond donors (Lipinski definition) is 1. The average Bonchev–Trinajstić information content (AvgIpc) is 2.54. The van der Waals surface area contributed by atoms with Gasteiger partial charge in [0.05, 0.1) is 5.75 Å². The van der Waals surface area contributed by atoms with Crippen LogP contribution in [0.3, 0.4) is 0 Å². The van der Waals surface area contributed by atoms with E-state index in [4.69, 9.17) is 0 Å². The van der Waals surface area contributed by atoms with Crippen LogP contribution in [-0.4, -0.2) is 44.2 Å². The van der Waals surface area contributed by atoms with Crippen LogP contribution in [0, 0.1) is 0 Å². The molecule has 5 heteroatoms. The quantitative estimate of drug-likeness (QED) is 0.875. The van der Waals surface area contributed by atoms with Crippen molar-refractivity contribution in [3.05, 3.63) is 41.5 Å². The molecule has 0 atom stereocenters. The van der Waals surface area contributed by atoms with Crippen LogP contribution in [0.2, 0.25) is 0 Å². The monoisotopic (exact) mass is 322 g/mol. The van der Waals surface area contributed by atoms with Gasteiger partial charge in [0, 0.05) is 25.7 Å². The highest BCUT2D eigenvalue weighted by Gasteiger charge is 2.26. The molecule has 1 aromatic carbocycles. The zero-order valence-electron chi connectivity index (χ0n) is 13.5. The molecule has 1 saturated heterocycles. The molecule has 1 heterocycles. The number of nitrogens with one attached hydrogen (secondary N) is 1. The van der Waals surface area contributed by atoms with Crippen molar-refractivity contribution in [2.75, 3.05) is 25.4 Å². The van der Waals surface area contributed by atoms with Gasteiger partial charge in [-0.3, -0.25) is 0 Å². The molecular formula is C17H26N2O2S. The highest BCUT2D eigenvalue weighted by atomic mass is 32.2. The lowest BCUT2D eigenvalue weighted by molar-refractivity contribution is 0.294. The average molecular weight is 322 g/mol. The third-order valence-electron chi connectivity index (χ3n) is 4.09. The van der Waals surface area contributed by atoms with Gasteiger partial charge in [0.2, 0.25) is 10.0 Å². The van der Waals surface area contributed by atoms with Gasteiger partial charge in [-0.25, -0.2) is 12.7 Å². The van der Waals surface area contributed by atoms with Crippen molar-refractivity contribution < 1.29 is 8.42 Å². The summed E-state index contributed by atoms with van der Waals surface area (Å²) in [7, 11) is -3.02. The summed E-state index contributed by atoms with van der Waals surface area (Å²) in [6, 6.07) is 10.7. The predicted molar refractivity (Wildman–Crippen MR) is 92.2 cm³/mol. The summed E-state index contributed by atoms with van der Waals surface area (Å²) in [4.78, 5) is 0. The molecule has 122 valence electrons. The Morgan fingerprint density at radius 2 is 1.91 bits per heavy atom. The van der Waals surface area contributed by atoms with E-state index in [2.05, 4.69) is 30.4 Å². The molecule has 0 amide bonds. The molecule has 1 aromatic rings. The van der Waals surface area contributed by atoms with Gasteiger partial charge in [0.25, 0.3) is 0 Å². The summed E-state index contributed by atoms with van der Waals surface area (Å²) in [5.41, 5.74) is 2.50. The van der Waals surface area contributed by atoms with E-state index in [1.54, 1.807) is 11.2 Å². The molecule has 4 nitrogen and oxygen atoms in total. The van der Waals surface area contributed by atoms with Gasteiger partial charge in [-0.05, 0) is 32.3 Å². The van der Waals surface area contributed by atoms with Gasteiger partial charge in [-0.15, -0.1) is 0 Å². The minimum absolute atomic E-state index is 0.198. The fourth-order valence-corrected chi connectivity index (χ4v) is 3.84. The Kier molecular flexibility index (Phi) is 6.17. The molecule has 1 N–H and O–H groups in total. The summed E-state index contributed by atoms with van der Waals surface area (Å²) in [6.07, 6.45) is 3.96. The Morgan fingerprint density at radius 3 is 2.50 bits per heavy atom. The van der Waals surface area contributed by atoms with Crippen molar-refractivity contribution >= 4 is 16.1 Å². The Hall–Kier alpha value is -1.17. The number of benzene rings is 1. The first-order valence-electron chi connectivity index (χ1n) is 7.94. The third kappa shape index (κ3) is 4.93. The van der Waals surface area contributed by atoms with Gasteiger partial charge < -0.3 is 5.32 Å². The Morgan fingerprint density at radius 1 is 1.27 bits per heavy atom. The lowest BCUT2D eigenvalue weighted by Gasteiger charge is -2.31. The summed E-state index contributed by atoms with van der Waals surface area (Å²) in [5, 5.41) is 3.54. The summed E-state index contributed by atoms with van der Waals surface area (Å²) < 4.78 is 25.3. The Balaban J connectivity index is 1.78. The fourth-order valence-electron chi connectivity index (χ4n) is 2.71. The minimum Gasteiger partial charge on any atom is -0.310 e. The molecule has 0 bridgehead atoms. The topological polar surface area (TPSA) is 49.4 Å². The molecule has 0 aliphatic carbocycles. The molecule has 1 fully saturated rings. The molecule has 1 aliphatic rings. The molecule has 1 aliphatic heterocycles. The Bertz CT molecular complexity index is 588. The maximum absolute atomic E-state index is 11.8. The molecule has 0 radical (unpaired) electrons. The first-order chi connectivity index (χ1) is 10.5. The minimum atomic E-state index is -3.02. The maximum atomic E-state index is 11.8. The van der Waals surface area contributed by atoms with Crippen molar-refractivity contribution in [1.82, 2.24) is 9.62 Å². The van der Waals surface area contributed by atoms with E-state index in [0.717, 1.165) is 19.4 Å². The van der Waals surface area contributed by atoms with E-state index in [-0.39, 0.29) is 5.75 Å². The van der Waals surface area contributed by atoms with E-state index in [9.17, 15) is 8.42 Å². The van der Waals surface area contributed by atoms with Crippen molar-refractivity contribution in [3.8, 4) is 0 Å². The molecule has 0 unspecified atom stereocenters. The van der Waals surface area contributed by atoms with Crippen molar-refractivity contribution in [3.63, 3.8) is 0 Å². The Labute approximate surface area is 134 Å². The maximum Gasteiger partial charge on any atom is 0.213 e. The molecular weight excluding hydrogens is 296 g/mol. The zero-order valence-corrected chi connectivity index (χ0v) is 14.3. The third-order valence-corrected chi connectivity index (χ3v) is 5.98. The fraction of sp³-hybridized carbons (Fsp3) is 0.529. The van der Waals surface area contributed by atoms with Crippen LogP contribution in [-0.2, 0) is 10.0 Å². The van der Waals surface area contributed by atoms with Crippen molar-refractivity contribution in [1.29, 1.82) is 0 Å². The van der Waals surface area contributed by atoms with Gasteiger partial charge in [0.1, 0.15) is 0 Å². The molecule has 0 saturated carbocycles. The van der Waals surface area contributed by atoms with E-state index in [0.29, 0.717) is 19.1 Å².